The Bertz CT molecular complexity index is 1290. The minimum Gasteiger partial charge on any atom is -0.368 e. The lowest BCUT2D eigenvalue weighted by Gasteiger charge is -2.42. The van der Waals surface area contributed by atoms with Crippen molar-refractivity contribution < 1.29 is 13.2 Å². The van der Waals surface area contributed by atoms with E-state index in [1.807, 2.05) is 24.8 Å². The standard InChI is InChI=1S/C24H27N5O3S/c1-17-12-21(13-18(2)26-17)27-8-10-28(11-9-27)24(30)20-15-29(16-20)33(31,32)23-5-3-4-19-14-25-7-6-22(19)23/h3-7,12-14,20H,8-11,15-16H2,1-2H3. The lowest BCUT2D eigenvalue weighted by Crippen LogP contribution is -2.59. The largest absolute Gasteiger partial charge is 0.368 e. The maximum absolute atomic E-state index is 13.2. The average molecular weight is 466 g/mol. The van der Waals surface area contributed by atoms with Gasteiger partial charge >= 0.3 is 0 Å². The SMILES string of the molecule is Cc1cc(N2CCN(C(=O)C3CN(S(=O)(=O)c4cccc5cnccc45)C3)CC2)cc(C)n1. The van der Waals surface area contributed by atoms with E-state index in [9.17, 15) is 13.2 Å². The molecule has 1 amide bonds. The third-order valence-electron chi connectivity index (χ3n) is 6.48. The van der Waals surface area contributed by atoms with E-state index in [-0.39, 0.29) is 29.8 Å². The van der Waals surface area contributed by atoms with Crippen LogP contribution in [0, 0.1) is 19.8 Å². The molecule has 4 heterocycles. The molecular weight excluding hydrogens is 438 g/mol. The molecule has 2 saturated heterocycles. The Morgan fingerprint density at radius 2 is 1.70 bits per heavy atom. The molecule has 3 aromatic rings. The molecule has 0 N–H and O–H groups in total. The first-order chi connectivity index (χ1) is 15.8. The Labute approximate surface area is 193 Å². The van der Waals surface area contributed by atoms with Gasteiger partial charge in [-0.1, -0.05) is 12.1 Å². The molecule has 0 spiro atoms. The number of amides is 1. The summed E-state index contributed by atoms with van der Waals surface area (Å²) in [5, 5.41) is 1.43. The Morgan fingerprint density at radius 3 is 2.39 bits per heavy atom. The van der Waals surface area contributed by atoms with Crippen molar-refractivity contribution in [2.75, 3.05) is 44.2 Å². The number of piperazine rings is 1. The lowest BCUT2D eigenvalue weighted by molar-refractivity contribution is -0.139. The van der Waals surface area contributed by atoms with Gasteiger partial charge in [0.2, 0.25) is 15.9 Å². The van der Waals surface area contributed by atoms with Gasteiger partial charge in [0, 0.05) is 79.5 Å². The first-order valence-corrected chi connectivity index (χ1v) is 12.6. The molecule has 0 atom stereocenters. The first-order valence-electron chi connectivity index (χ1n) is 11.1. The number of pyridine rings is 2. The normalized spacial score (nSPS) is 17.9. The summed E-state index contributed by atoms with van der Waals surface area (Å²) in [6, 6.07) is 11.1. The number of anilines is 1. The Hall–Kier alpha value is -3.04. The molecule has 9 heteroatoms. The van der Waals surface area contributed by atoms with E-state index in [1.165, 1.54) is 4.31 Å². The van der Waals surface area contributed by atoms with Gasteiger partial charge in [0.05, 0.1) is 10.8 Å². The van der Waals surface area contributed by atoms with Crippen LogP contribution < -0.4 is 4.90 Å². The molecule has 2 aromatic heterocycles. The summed E-state index contributed by atoms with van der Waals surface area (Å²) < 4.78 is 27.8. The van der Waals surface area contributed by atoms with Crippen LogP contribution >= 0.6 is 0 Å². The van der Waals surface area contributed by atoms with E-state index in [0.29, 0.717) is 18.5 Å². The highest BCUT2D eigenvalue weighted by atomic mass is 32.2. The van der Waals surface area contributed by atoms with Crippen LogP contribution in [-0.4, -0.2) is 72.8 Å². The zero-order valence-corrected chi connectivity index (χ0v) is 19.6. The summed E-state index contributed by atoms with van der Waals surface area (Å²) in [4.78, 5) is 25.9. The van der Waals surface area contributed by atoms with E-state index >= 15 is 0 Å². The molecule has 0 radical (unpaired) electrons. The molecule has 172 valence electrons. The predicted octanol–water partition coefficient (Wildman–Crippen LogP) is 2.22. The Kier molecular flexibility index (Phi) is 5.54. The predicted molar refractivity (Wildman–Crippen MR) is 126 cm³/mol. The highest BCUT2D eigenvalue weighted by molar-refractivity contribution is 7.89. The number of sulfonamides is 1. The minimum absolute atomic E-state index is 0.0466. The number of carbonyl (C=O) groups excluding carboxylic acids is 1. The van der Waals surface area contributed by atoms with Crippen molar-refractivity contribution in [3.63, 3.8) is 0 Å². The maximum atomic E-state index is 13.2. The van der Waals surface area contributed by atoms with E-state index in [0.717, 1.165) is 35.6 Å². The van der Waals surface area contributed by atoms with Crippen LogP contribution in [0.5, 0.6) is 0 Å². The summed E-state index contributed by atoms with van der Waals surface area (Å²) in [6.07, 6.45) is 3.25. The molecular formula is C24H27N5O3S. The van der Waals surface area contributed by atoms with Crippen LogP contribution in [0.2, 0.25) is 0 Å². The number of aryl methyl sites for hydroxylation is 2. The number of benzene rings is 1. The third-order valence-corrected chi connectivity index (χ3v) is 8.37. The Balaban J connectivity index is 1.21. The number of hydrogen-bond acceptors (Lipinski definition) is 6. The maximum Gasteiger partial charge on any atom is 0.243 e. The number of aromatic nitrogens is 2. The van der Waals surface area contributed by atoms with Gasteiger partial charge in [-0.15, -0.1) is 0 Å². The molecule has 0 saturated carbocycles. The first kappa shape index (κ1) is 21.8. The fourth-order valence-electron chi connectivity index (χ4n) is 4.69. The second-order valence-corrected chi connectivity index (χ2v) is 10.7. The van der Waals surface area contributed by atoms with E-state index in [1.54, 1.807) is 30.6 Å². The van der Waals surface area contributed by atoms with Crippen molar-refractivity contribution in [1.29, 1.82) is 0 Å². The fraction of sp³-hybridized carbons (Fsp3) is 0.375. The Morgan fingerprint density at radius 1 is 1.00 bits per heavy atom. The molecule has 5 rings (SSSR count). The number of nitrogens with zero attached hydrogens (tertiary/aromatic N) is 5. The van der Waals surface area contributed by atoms with Gasteiger partial charge in [-0.05, 0) is 38.1 Å². The van der Waals surface area contributed by atoms with E-state index in [2.05, 4.69) is 27.0 Å². The van der Waals surface area contributed by atoms with Gasteiger partial charge in [-0.2, -0.15) is 4.31 Å². The molecule has 2 aliphatic rings. The van der Waals surface area contributed by atoms with Crippen LogP contribution in [0.1, 0.15) is 11.4 Å². The van der Waals surface area contributed by atoms with E-state index in [4.69, 9.17) is 0 Å². The molecule has 0 aliphatic carbocycles. The monoisotopic (exact) mass is 465 g/mol. The number of carbonyl (C=O) groups is 1. The van der Waals surface area contributed by atoms with Crippen molar-refractivity contribution in [1.82, 2.24) is 19.2 Å². The number of hydrogen-bond donors (Lipinski definition) is 0. The van der Waals surface area contributed by atoms with Crippen molar-refractivity contribution in [3.05, 3.63) is 60.2 Å². The van der Waals surface area contributed by atoms with Crippen LogP contribution in [-0.2, 0) is 14.8 Å². The van der Waals surface area contributed by atoms with Gasteiger partial charge in [0.25, 0.3) is 0 Å². The third kappa shape index (κ3) is 4.06. The van der Waals surface area contributed by atoms with Crippen LogP contribution in [0.25, 0.3) is 10.8 Å². The molecule has 2 aliphatic heterocycles. The van der Waals surface area contributed by atoms with Gasteiger partial charge in [0.1, 0.15) is 0 Å². The molecule has 8 nitrogen and oxygen atoms in total. The van der Waals surface area contributed by atoms with Crippen LogP contribution in [0.4, 0.5) is 5.69 Å². The molecule has 0 bridgehead atoms. The molecule has 33 heavy (non-hydrogen) atoms. The minimum atomic E-state index is -3.66. The average Bonchev–Trinajstić information content (AvgIpc) is 2.77. The van der Waals surface area contributed by atoms with Crippen molar-refractivity contribution >= 4 is 32.4 Å². The van der Waals surface area contributed by atoms with Crippen LogP contribution in [0.3, 0.4) is 0 Å². The van der Waals surface area contributed by atoms with E-state index < -0.39 is 10.0 Å². The zero-order valence-electron chi connectivity index (χ0n) is 18.8. The van der Waals surface area contributed by atoms with Crippen molar-refractivity contribution in [3.8, 4) is 0 Å². The van der Waals surface area contributed by atoms with Crippen molar-refractivity contribution in [2.24, 2.45) is 5.92 Å². The van der Waals surface area contributed by atoms with Gasteiger partial charge < -0.3 is 9.80 Å². The lowest BCUT2D eigenvalue weighted by atomic mass is 10.0. The topological polar surface area (TPSA) is 86.7 Å². The number of fused-ring (bicyclic) bond motifs is 1. The molecule has 2 fully saturated rings. The highest BCUT2D eigenvalue weighted by Gasteiger charge is 2.42. The highest BCUT2D eigenvalue weighted by Crippen LogP contribution is 2.31. The fourth-order valence-corrected chi connectivity index (χ4v) is 6.43. The summed E-state index contributed by atoms with van der Waals surface area (Å²) >= 11 is 0. The zero-order chi connectivity index (χ0) is 23.2. The van der Waals surface area contributed by atoms with Gasteiger partial charge in [0.15, 0.2) is 0 Å². The summed E-state index contributed by atoms with van der Waals surface area (Å²) in [7, 11) is -3.66. The second kappa shape index (κ2) is 8.39. The quantitative estimate of drug-likeness (QED) is 0.587. The number of rotatable bonds is 4. The van der Waals surface area contributed by atoms with Gasteiger partial charge in [-0.25, -0.2) is 8.42 Å². The molecule has 0 unspecified atom stereocenters. The van der Waals surface area contributed by atoms with Gasteiger partial charge in [-0.3, -0.25) is 14.8 Å². The van der Waals surface area contributed by atoms with Crippen LogP contribution in [0.15, 0.2) is 53.7 Å². The summed E-state index contributed by atoms with van der Waals surface area (Å²) in [5.74, 6) is -0.237. The molecule has 1 aromatic carbocycles. The summed E-state index contributed by atoms with van der Waals surface area (Å²) in [6.45, 7) is 7.22. The van der Waals surface area contributed by atoms with Crippen molar-refractivity contribution in [2.45, 2.75) is 18.7 Å². The second-order valence-electron chi connectivity index (χ2n) is 8.79. The smallest absolute Gasteiger partial charge is 0.243 e. The summed E-state index contributed by atoms with van der Waals surface area (Å²) in [5.41, 5.74) is 3.11.